The first kappa shape index (κ1) is 15.0. The summed E-state index contributed by atoms with van der Waals surface area (Å²) in [6.07, 6.45) is 0.672. The second-order valence-electron chi connectivity index (χ2n) is 5.18. The maximum absolute atomic E-state index is 11.4. The van der Waals surface area contributed by atoms with Crippen LogP contribution in [0.5, 0.6) is 0 Å². The third-order valence-corrected chi connectivity index (χ3v) is 4.63. The van der Waals surface area contributed by atoms with Gasteiger partial charge in [-0.05, 0) is 31.0 Å². The molecule has 1 aromatic carbocycles. The summed E-state index contributed by atoms with van der Waals surface area (Å²) >= 11 is 0. The second kappa shape index (κ2) is 5.93. The zero-order chi connectivity index (χ0) is 14.8. The highest BCUT2D eigenvalue weighted by Gasteiger charge is 2.08. The summed E-state index contributed by atoms with van der Waals surface area (Å²) in [6.45, 7) is 6.25. The van der Waals surface area contributed by atoms with Crippen LogP contribution >= 0.6 is 0 Å². The van der Waals surface area contributed by atoms with E-state index in [1.807, 2.05) is 18.2 Å². The van der Waals surface area contributed by atoms with Gasteiger partial charge in [0.05, 0.1) is 16.8 Å². The van der Waals surface area contributed by atoms with Gasteiger partial charge in [0.25, 0.3) is 0 Å². The van der Waals surface area contributed by atoms with E-state index in [1.54, 1.807) is 6.92 Å². The van der Waals surface area contributed by atoms with Crippen LogP contribution in [0.15, 0.2) is 18.2 Å². The van der Waals surface area contributed by atoms with Crippen LogP contribution in [0.3, 0.4) is 0 Å². The number of hydrogen-bond donors (Lipinski definition) is 2. The highest BCUT2D eigenvalue weighted by molar-refractivity contribution is 7.89. The van der Waals surface area contributed by atoms with Gasteiger partial charge >= 0.3 is 0 Å². The van der Waals surface area contributed by atoms with Crippen LogP contribution in [0.25, 0.3) is 11.0 Å². The topological polar surface area (TPSA) is 74.8 Å². The SMILES string of the molecule is CCS(=O)(=O)NCCc1ccc2nc(C(C)C)[nH]c2c1. The number of H-pyrrole nitrogens is 1. The van der Waals surface area contributed by atoms with Gasteiger partial charge in [0.1, 0.15) is 5.82 Å². The molecular formula is C14H21N3O2S. The van der Waals surface area contributed by atoms with Crippen molar-refractivity contribution in [1.29, 1.82) is 0 Å². The molecule has 0 spiro atoms. The van der Waals surface area contributed by atoms with Gasteiger partial charge in [0.2, 0.25) is 10.0 Å². The first-order chi connectivity index (χ1) is 9.41. The molecule has 2 aromatic rings. The third-order valence-electron chi connectivity index (χ3n) is 3.23. The summed E-state index contributed by atoms with van der Waals surface area (Å²) in [5.74, 6) is 1.45. The first-order valence-electron chi connectivity index (χ1n) is 6.87. The molecule has 0 bridgehead atoms. The molecule has 0 aliphatic carbocycles. The van der Waals surface area contributed by atoms with Crippen molar-refractivity contribution in [1.82, 2.24) is 14.7 Å². The van der Waals surface area contributed by atoms with Crippen molar-refractivity contribution in [2.45, 2.75) is 33.1 Å². The molecule has 1 aromatic heterocycles. The molecule has 110 valence electrons. The van der Waals surface area contributed by atoms with Crippen molar-refractivity contribution < 1.29 is 8.42 Å². The molecule has 0 unspecified atom stereocenters. The van der Waals surface area contributed by atoms with Crippen molar-refractivity contribution >= 4 is 21.1 Å². The zero-order valence-corrected chi connectivity index (χ0v) is 12.9. The van der Waals surface area contributed by atoms with Gasteiger partial charge in [-0.3, -0.25) is 0 Å². The summed E-state index contributed by atoms with van der Waals surface area (Å²) in [5.41, 5.74) is 3.05. The van der Waals surface area contributed by atoms with Crippen LogP contribution in [0.2, 0.25) is 0 Å². The van der Waals surface area contributed by atoms with E-state index in [0.29, 0.717) is 18.9 Å². The normalized spacial score (nSPS) is 12.4. The number of aromatic amines is 1. The lowest BCUT2D eigenvalue weighted by Gasteiger charge is -2.04. The summed E-state index contributed by atoms with van der Waals surface area (Å²) < 4.78 is 25.3. The van der Waals surface area contributed by atoms with E-state index in [9.17, 15) is 8.42 Å². The van der Waals surface area contributed by atoms with Crippen LogP contribution in [-0.2, 0) is 16.4 Å². The van der Waals surface area contributed by atoms with Gasteiger partial charge in [-0.25, -0.2) is 18.1 Å². The zero-order valence-electron chi connectivity index (χ0n) is 12.1. The number of sulfonamides is 1. The van der Waals surface area contributed by atoms with E-state index in [0.717, 1.165) is 22.4 Å². The Morgan fingerprint density at radius 1 is 1.35 bits per heavy atom. The Morgan fingerprint density at radius 3 is 2.75 bits per heavy atom. The highest BCUT2D eigenvalue weighted by atomic mass is 32.2. The fourth-order valence-electron chi connectivity index (χ4n) is 1.96. The average Bonchev–Trinajstić information content (AvgIpc) is 2.82. The Balaban J connectivity index is 2.08. The number of fused-ring (bicyclic) bond motifs is 1. The minimum Gasteiger partial charge on any atom is -0.342 e. The summed E-state index contributed by atoms with van der Waals surface area (Å²) in [7, 11) is -3.11. The Bertz CT molecular complexity index is 690. The predicted octanol–water partition coefficient (Wildman–Crippen LogP) is 2.17. The lowest BCUT2D eigenvalue weighted by Crippen LogP contribution is -2.27. The number of rotatable bonds is 6. The van der Waals surface area contributed by atoms with Crippen molar-refractivity contribution in [3.8, 4) is 0 Å². The van der Waals surface area contributed by atoms with Crippen LogP contribution in [-0.4, -0.2) is 30.7 Å². The quantitative estimate of drug-likeness (QED) is 0.857. The first-order valence-corrected chi connectivity index (χ1v) is 8.52. The number of nitrogens with one attached hydrogen (secondary N) is 2. The van der Waals surface area contributed by atoms with Gasteiger partial charge in [-0.15, -0.1) is 0 Å². The maximum Gasteiger partial charge on any atom is 0.211 e. The molecule has 0 fully saturated rings. The van der Waals surface area contributed by atoms with Gasteiger partial charge in [0, 0.05) is 12.5 Å². The monoisotopic (exact) mass is 295 g/mol. The van der Waals surface area contributed by atoms with E-state index in [1.165, 1.54) is 0 Å². The van der Waals surface area contributed by atoms with E-state index in [4.69, 9.17) is 0 Å². The standard InChI is InChI=1S/C14H21N3O2S/c1-4-20(18,19)15-8-7-11-5-6-12-13(9-11)17-14(16-12)10(2)3/h5-6,9-10,15H,4,7-8H2,1-3H3,(H,16,17). The number of benzene rings is 1. The van der Waals surface area contributed by atoms with Crippen LogP contribution in [0.4, 0.5) is 0 Å². The Hall–Kier alpha value is -1.40. The molecule has 0 aliphatic rings. The fourth-order valence-corrected chi connectivity index (χ4v) is 2.58. The molecule has 0 atom stereocenters. The van der Waals surface area contributed by atoms with Crippen LogP contribution in [0, 0.1) is 0 Å². The van der Waals surface area contributed by atoms with E-state index >= 15 is 0 Å². The number of hydrogen-bond acceptors (Lipinski definition) is 3. The molecule has 0 amide bonds. The predicted molar refractivity (Wildman–Crippen MR) is 81.4 cm³/mol. The summed E-state index contributed by atoms with van der Waals surface area (Å²) in [6, 6.07) is 6.00. The van der Waals surface area contributed by atoms with Gasteiger partial charge in [-0.1, -0.05) is 19.9 Å². The van der Waals surface area contributed by atoms with Gasteiger partial charge in [0.15, 0.2) is 0 Å². The molecule has 2 N–H and O–H groups in total. The molecule has 0 radical (unpaired) electrons. The fraction of sp³-hybridized carbons (Fsp3) is 0.500. The highest BCUT2D eigenvalue weighted by Crippen LogP contribution is 2.18. The molecule has 5 nitrogen and oxygen atoms in total. The molecule has 20 heavy (non-hydrogen) atoms. The van der Waals surface area contributed by atoms with Gasteiger partial charge in [-0.2, -0.15) is 0 Å². The Morgan fingerprint density at radius 2 is 2.10 bits per heavy atom. The molecule has 0 saturated heterocycles. The lowest BCUT2D eigenvalue weighted by molar-refractivity contribution is 0.583. The molecule has 6 heteroatoms. The average molecular weight is 295 g/mol. The maximum atomic E-state index is 11.4. The van der Waals surface area contributed by atoms with E-state index < -0.39 is 10.0 Å². The summed E-state index contributed by atoms with van der Waals surface area (Å²) in [4.78, 5) is 7.82. The second-order valence-corrected chi connectivity index (χ2v) is 7.27. The molecule has 0 aliphatic heterocycles. The van der Waals surface area contributed by atoms with Crippen molar-refractivity contribution in [2.75, 3.05) is 12.3 Å². The minimum absolute atomic E-state index is 0.115. The Labute approximate surface area is 119 Å². The lowest BCUT2D eigenvalue weighted by atomic mass is 10.1. The molecule has 1 heterocycles. The van der Waals surface area contributed by atoms with Gasteiger partial charge < -0.3 is 4.98 Å². The van der Waals surface area contributed by atoms with Crippen molar-refractivity contribution in [3.05, 3.63) is 29.6 Å². The Kier molecular flexibility index (Phi) is 4.45. The summed E-state index contributed by atoms with van der Waals surface area (Å²) in [5, 5.41) is 0. The number of aromatic nitrogens is 2. The smallest absolute Gasteiger partial charge is 0.211 e. The van der Waals surface area contributed by atoms with Crippen LogP contribution in [0.1, 0.15) is 38.1 Å². The van der Waals surface area contributed by atoms with Crippen molar-refractivity contribution in [3.63, 3.8) is 0 Å². The molecular weight excluding hydrogens is 274 g/mol. The van der Waals surface area contributed by atoms with Crippen LogP contribution < -0.4 is 4.72 Å². The largest absolute Gasteiger partial charge is 0.342 e. The molecule has 2 rings (SSSR count). The van der Waals surface area contributed by atoms with Crippen molar-refractivity contribution in [2.24, 2.45) is 0 Å². The molecule has 0 saturated carbocycles. The van der Waals surface area contributed by atoms with E-state index in [2.05, 4.69) is 28.5 Å². The minimum atomic E-state index is -3.11. The number of imidazole rings is 1. The van der Waals surface area contributed by atoms with E-state index in [-0.39, 0.29) is 5.75 Å². The number of nitrogens with zero attached hydrogens (tertiary/aromatic N) is 1. The third kappa shape index (κ3) is 3.58.